The molecule has 0 saturated heterocycles. The fraction of sp³-hybridized carbons (Fsp3) is 0.0769. The van der Waals surface area contributed by atoms with Gasteiger partial charge in [-0.15, -0.1) is 0 Å². The average molecular weight is 579 g/mol. The number of hydrogen-bond acceptors (Lipinski definition) is 1. The van der Waals surface area contributed by atoms with Gasteiger partial charge in [0, 0.05) is 15.9 Å². The maximum atomic E-state index is 15.1. The van der Waals surface area contributed by atoms with Gasteiger partial charge in [0.05, 0.1) is 8.07 Å². The first-order chi connectivity index (χ1) is 20.7. The molecule has 0 bridgehead atoms. The summed E-state index contributed by atoms with van der Waals surface area (Å²) >= 11 is 0. The van der Waals surface area contributed by atoms with Gasteiger partial charge in [-0.1, -0.05) is 198 Å². The van der Waals surface area contributed by atoms with E-state index in [0.717, 1.165) is 34.0 Å². The molecule has 0 spiro atoms. The smallest absolute Gasteiger partial charge is 0.171 e. The summed E-state index contributed by atoms with van der Waals surface area (Å²) in [6.07, 6.45) is 0. The first-order valence-electron chi connectivity index (χ1n) is 14.6. The van der Waals surface area contributed by atoms with Crippen LogP contribution in [0.3, 0.4) is 0 Å². The van der Waals surface area contributed by atoms with Crippen molar-refractivity contribution in [2.45, 2.75) is 18.1 Å². The molecule has 0 aliphatic carbocycles. The van der Waals surface area contributed by atoms with E-state index in [4.69, 9.17) is 0 Å². The molecule has 0 saturated carbocycles. The molecule has 0 aliphatic heterocycles. The molecular weight excluding hydrogens is 543 g/mol. The number of rotatable bonds is 10. The van der Waals surface area contributed by atoms with Gasteiger partial charge in [0.1, 0.15) is 0 Å². The molecule has 0 aliphatic rings. The quantitative estimate of drug-likeness (QED) is 0.123. The van der Waals surface area contributed by atoms with Gasteiger partial charge in [0.2, 0.25) is 0 Å². The van der Waals surface area contributed by atoms with E-state index in [1.54, 1.807) is 0 Å². The molecule has 0 amide bonds. The van der Waals surface area contributed by atoms with E-state index in [2.05, 4.69) is 115 Å². The summed E-state index contributed by atoms with van der Waals surface area (Å²) < 4.78 is 15.1. The van der Waals surface area contributed by atoms with Crippen LogP contribution in [-0.4, -0.2) is 8.07 Å². The lowest BCUT2D eigenvalue weighted by Gasteiger charge is -2.34. The highest BCUT2D eigenvalue weighted by atomic mass is 31.2. The van der Waals surface area contributed by atoms with Gasteiger partial charge in [-0.2, -0.15) is 0 Å². The first kappa shape index (κ1) is 27.9. The molecule has 1 nitrogen and oxygen atoms in total. The molecule has 6 rings (SSSR count). The van der Waals surface area contributed by atoms with E-state index in [0.29, 0.717) is 0 Å². The topological polar surface area (TPSA) is 17.1 Å². The van der Waals surface area contributed by atoms with E-state index >= 15 is 4.57 Å². The monoisotopic (exact) mass is 578 g/mol. The van der Waals surface area contributed by atoms with Gasteiger partial charge in [0.15, 0.2) is 7.14 Å². The molecule has 0 aromatic heterocycles. The minimum atomic E-state index is -3.03. The van der Waals surface area contributed by atoms with Crippen LogP contribution in [-0.2, 0) is 22.7 Å². The highest BCUT2D eigenvalue weighted by Crippen LogP contribution is 2.42. The number of hydrogen-bond donors (Lipinski definition) is 0. The lowest BCUT2D eigenvalue weighted by Crippen LogP contribution is -2.55. The molecule has 0 N–H and O–H groups in total. The summed E-state index contributed by atoms with van der Waals surface area (Å²) in [5.41, 5.74) is 4.12. The van der Waals surface area contributed by atoms with Crippen LogP contribution < -0.4 is 21.1 Å². The predicted molar refractivity (Wildman–Crippen MR) is 182 cm³/mol. The lowest BCUT2D eigenvalue weighted by atomic mass is 10.2. The van der Waals surface area contributed by atoms with Gasteiger partial charge in [-0.25, -0.2) is 0 Å². The Kier molecular flexibility index (Phi) is 8.47. The normalized spacial score (nSPS) is 11.7. The van der Waals surface area contributed by atoms with Crippen molar-refractivity contribution in [1.82, 2.24) is 0 Å². The van der Waals surface area contributed by atoms with Crippen LogP contribution in [0, 0.1) is 0 Å². The van der Waals surface area contributed by atoms with Crippen LogP contribution in [0.1, 0.15) is 16.7 Å². The van der Waals surface area contributed by atoms with Crippen LogP contribution in [0.15, 0.2) is 176 Å². The highest BCUT2D eigenvalue weighted by Gasteiger charge is 2.37. The van der Waals surface area contributed by atoms with Gasteiger partial charge >= 0.3 is 0 Å². The second kappa shape index (κ2) is 12.7. The summed E-state index contributed by atoms with van der Waals surface area (Å²) in [7, 11) is -5.26. The lowest BCUT2D eigenvalue weighted by molar-refractivity contribution is 0.592. The molecule has 6 aromatic rings. The summed E-state index contributed by atoms with van der Waals surface area (Å²) in [5, 5.41) is 4.01. The molecule has 206 valence electrons. The molecule has 42 heavy (non-hydrogen) atoms. The van der Waals surface area contributed by atoms with E-state index in [9.17, 15) is 0 Å². The summed E-state index contributed by atoms with van der Waals surface area (Å²) in [4.78, 5) is 0. The molecular formula is C39H35OPSi. The van der Waals surface area contributed by atoms with Gasteiger partial charge in [-0.3, -0.25) is 0 Å². The molecule has 0 fully saturated rings. The SMILES string of the molecule is O=P(c1ccccc1)(c1ccccc1)c1ccc([Si](Cc2ccccc2)(Cc2ccccc2)Cc2ccccc2)cc1. The Morgan fingerprint density at radius 2 is 0.643 bits per heavy atom. The molecule has 0 radical (unpaired) electrons. The second-order valence-electron chi connectivity index (χ2n) is 11.1. The largest absolute Gasteiger partial charge is 0.309 e. The van der Waals surface area contributed by atoms with Crippen LogP contribution in [0.5, 0.6) is 0 Å². The Morgan fingerprint density at radius 1 is 0.357 bits per heavy atom. The third kappa shape index (κ3) is 6.02. The van der Waals surface area contributed by atoms with E-state index in [-0.39, 0.29) is 0 Å². The Balaban J connectivity index is 1.50. The van der Waals surface area contributed by atoms with Crippen molar-refractivity contribution < 1.29 is 4.57 Å². The third-order valence-corrected chi connectivity index (χ3v) is 16.1. The fourth-order valence-corrected chi connectivity index (χ4v) is 13.8. The Bertz CT molecular complexity index is 1590. The Hall–Kier alpha value is -4.23. The molecule has 3 heteroatoms. The fourth-order valence-electron chi connectivity index (χ4n) is 6.20. The van der Waals surface area contributed by atoms with Crippen LogP contribution in [0.4, 0.5) is 0 Å². The third-order valence-electron chi connectivity index (χ3n) is 8.24. The van der Waals surface area contributed by atoms with Crippen molar-refractivity contribution in [3.63, 3.8) is 0 Å². The van der Waals surface area contributed by atoms with E-state index < -0.39 is 15.2 Å². The van der Waals surface area contributed by atoms with Crippen molar-refractivity contribution in [2.24, 2.45) is 0 Å². The van der Waals surface area contributed by atoms with Crippen molar-refractivity contribution >= 4 is 36.3 Å². The zero-order chi connectivity index (χ0) is 28.7. The van der Waals surface area contributed by atoms with Gasteiger partial charge in [-0.05, 0) is 18.1 Å². The van der Waals surface area contributed by atoms with Crippen molar-refractivity contribution in [3.8, 4) is 0 Å². The van der Waals surface area contributed by atoms with E-state index in [1.165, 1.54) is 21.9 Å². The maximum absolute atomic E-state index is 15.1. The maximum Gasteiger partial charge on any atom is 0.171 e. The highest BCUT2D eigenvalue weighted by molar-refractivity contribution is 7.85. The molecule has 0 atom stereocenters. The van der Waals surface area contributed by atoms with E-state index in [1.807, 2.05) is 60.7 Å². The van der Waals surface area contributed by atoms with Gasteiger partial charge < -0.3 is 4.57 Å². The van der Waals surface area contributed by atoms with Gasteiger partial charge in [0.25, 0.3) is 0 Å². The Labute approximate surface area is 250 Å². The molecule has 0 heterocycles. The zero-order valence-corrected chi connectivity index (χ0v) is 25.6. The predicted octanol–water partition coefficient (Wildman–Crippen LogP) is 7.33. The summed E-state index contributed by atoms with van der Waals surface area (Å²) in [6.45, 7) is 0. The van der Waals surface area contributed by atoms with Crippen molar-refractivity contribution in [3.05, 3.63) is 193 Å². The molecule has 0 unspecified atom stereocenters. The zero-order valence-electron chi connectivity index (χ0n) is 23.7. The second-order valence-corrected chi connectivity index (χ2v) is 18.1. The minimum Gasteiger partial charge on any atom is -0.309 e. The van der Waals surface area contributed by atoms with Crippen LogP contribution in [0.2, 0.25) is 0 Å². The first-order valence-corrected chi connectivity index (χ1v) is 18.9. The standard InChI is InChI=1S/C39H35OPSi/c40-41(36-22-12-4-13-23-36,37-24-14-5-15-25-37)38-26-28-39(29-27-38)42(30-33-16-6-1-7-17-33,31-34-18-8-2-9-19-34)32-35-20-10-3-11-21-35/h1-29H,30-32H2. The average Bonchev–Trinajstić information content (AvgIpc) is 3.06. The van der Waals surface area contributed by atoms with Crippen molar-refractivity contribution in [2.75, 3.05) is 0 Å². The minimum absolute atomic E-state index is 0.866. The van der Waals surface area contributed by atoms with Crippen molar-refractivity contribution in [1.29, 1.82) is 0 Å². The van der Waals surface area contributed by atoms with Crippen LogP contribution >= 0.6 is 7.14 Å². The summed E-state index contributed by atoms with van der Waals surface area (Å²) in [6, 6.07) is 64.7. The summed E-state index contributed by atoms with van der Waals surface area (Å²) in [5.74, 6) is 0. The Morgan fingerprint density at radius 3 is 0.976 bits per heavy atom. The molecule has 6 aromatic carbocycles. The van der Waals surface area contributed by atoms with Crippen LogP contribution in [0.25, 0.3) is 0 Å². The number of benzene rings is 6.